The molecule has 1 saturated heterocycles. The van der Waals surface area contributed by atoms with Crippen LogP contribution in [0.1, 0.15) is 29.5 Å². The Morgan fingerprint density at radius 2 is 2.06 bits per heavy atom. The number of hydrogen-bond acceptors (Lipinski definition) is 4. The monoisotopic (exact) mass is 464 g/mol. The summed E-state index contributed by atoms with van der Waals surface area (Å²) in [7, 11) is 1.52. The highest BCUT2D eigenvalue weighted by Gasteiger charge is 2.31. The van der Waals surface area contributed by atoms with E-state index in [0.29, 0.717) is 38.6 Å². The van der Waals surface area contributed by atoms with Crippen LogP contribution in [0.25, 0.3) is 11.1 Å². The van der Waals surface area contributed by atoms with Gasteiger partial charge in [0, 0.05) is 56.7 Å². The lowest BCUT2D eigenvalue weighted by molar-refractivity contribution is 0.0354. The Balaban J connectivity index is 1.36. The molecule has 2 aliphatic rings. The van der Waals surface area contributed by atoms with Gasteiger partial charge in [-0.2, -0.15) is 5.10 Å². The third-order valence-electron chi connectivity index (χ3n) is 6.72. The molecule has 0 spiro atoms. The number of nitrogens with zero attached hydrogens (tertiary/aromatic N) is 3. The lowest BCUT2D eigenvalue weighted by atomic mass is 9.95. The number of rotatable bonds is 5. The molecule has 0 bridgehead atoms. The second-order valence-electron chi connectivity index (χ2n) is 8.90. The van der Waals surface area contributed by atoms with Crippen LogP contribution in [0.15, 0.2) is 48.8 Å². The van der Waals surface area contributed by atoms with Crippen LogP contribution in [0, 0.1) is 5.82 Å². The molecule has 0 saturated carbocycles. The third-order valence-corrected chi connectivity index (χ3v) is 6.72. The number of halogens is 1. The summed E-state index contributed by atoms with van der Waals surface area (Å²) < 4.78 is 24.9. The minimum absolute atomic E-state index is 0.0142. The second kappa shape index (κ2) is 9.85. The fraction of sp³-hybridized carbons (Fsp3) is 0.385. The molecule has 2 aliphatic heterocycles. The van der Waals surface area contributed by atoms with Crippen molar-refractivity contribution in [1.29, 1.82) is 0 Å². The first kappa shape index (κ1) is 22.4. The average molecular weight is 465 g/mol. The topological polar surface area (TPSA) is 70.7 Å². The summed E-state index contributed by atoms with van der Waals surface area (Å²) in [5, 5.41) is 6.89. The summed E-state index contributed by atoms with van der Waals surface area (Å²) in [6.07, 6.45) is 6.04. The van der Waals surface area contributed by atoms with Crippen LogP contribution in [-0.2, 0) is 24.2 Å². The van der Waals surface area contributed by atoms with Crippen molar-refractivity contribution in [3.05, 3.63) is 71.3 Å². The van der Waals surface area contributed by atoms with Crippen LogP contribution in [-0.4, -0.2) is 58.9 Å². The molecule has 3 heterocycles. The van der Waals surface area contributed by atoms with E-state index in [4.69, 9.17) is 9.47 Å². The molecule has 0 aliphatic carbocycles. The van der Waals surface area contributed by atoms with Gasteiger partial charge in [0.1, 0.15) is 11.6 Å². The Kier molecular flexibility index (Phi) is 6.49. The number of carbonyl (C=O) groups is 1. The van der Waals surface area contributed by atoms with Crippen molar-refractivity contribution in [3.63, 3.8) is 0 Å². The van der Waals surface area contributed by atoms with Crippen molar-refractivity contribution >= 4 is 6.03 Å². The summed E-state index contributed by atoms with van der Waals surface area (Å²) in [4.78, 5) is 17.6. The first-order valence-electron chi connectivity index (χ1n) is 11.7. The number of nitrogens with one attached hydrogen (secondary N) is 1. The molecule has 34 heavy (non-hydrogen) atoms. The number of aromatic nitrogens is 2. The SMILES string of the molecule is COc1cc(F)cc(CN(C(=O)N2CCc3cc(-c4cn[nH]c4)ccc3C2)C2CCOCC2)c1. The number of fused-ring (bicyclic) bond motifs is 1. The van der Waals surface area contributed by atoms with Crippen LogP contribution in [0.2, 0.25) is 0 Å². The Morgan fingerprint density at radius 1 is 1.21 bits per heavy atom. The van der Waals surface area contributed by atoms with E-state index in [1.807, 2.05) is 22.2 Å². The first-order valence-corrected chi connectivity index (χ1v) is 11.7. The van der Waals surface area contributed by atoms with Gasteiger partial charge in [-0.15, -0.1) is 0 Å². The van der Waals surface area contributed by atoms with Gasteiger partial charge < -0.3 is 19.3 Å². The summed E-state index contributed by atoms with van der Waals surface area (Å²) in [6, 6.07) is 11.0. The van der Waals surface area contributed by atoms with Gasteiger partial charge in [-0.05, 0) is 53.6 Å². The van der Waals surface area contributed by atoms with Crippen molar-refractivity contribution in [2.45, 2.75) is 38.4 Å². The number of H-pyrrole nitrogens is 1. The summed E-state index contributed by atoms with van der Waals surface area (Å²) in [6.45, 7) is 2.79. The van der Waals surface area contributed by atoms with Crippen molar-refractivity contribution in [1.82, 2.24) is 20.0 Å². The predicted octanol–water partition coefficient (Wildman–Crippen LogP) is 4.38. The zero-order valence-electron chi connectivity index (χ0n) is 19.3. The number of amides is 2. The van der Waals surface area contributed by atoms with Crippen LogP contribution >= 0.6 is 0 Å². The zero-order chi connectivity index (χ0) is 23.5. The van der Waals surface area contributed by atoms with E-state index >= 15 is 0 Å². The fourth-order valence-corrected chi connectivity index (χ4v) is 4.86. The van der Waals surface area contributed by atoms with Gasteiger partial charge in [0.05, 0.1) is 13.3 Å². The number of carbonyl (C=O) groups excluding carboxylic acids is 1. The Bertz CT molecular complexity index is 1140. The maximum absolute atomic E-state index is 14.1. The highest BCUT2D eigenvalue weighted by atomic mass is 19.1. The van der Waals surface area contributed by atoms with E-state index in [2.05, 4.69) is 28.4 Å². The molecule has 7 nitrogen and oxygen atoms in total. The van der Waals surface area contributed by atoms with E-state index in [1.165, 1.54) is 24.8 Å². The Hall–Kier alpha value is -3.39. The van der Waals surface area contributed by atoms with E-state index in [1.54, 1.807) is 6.07 Å². The van der Waals surface area contributed by atoms with Gasteiger partial charge in [0.15, 0.2) is 0 Å². The number of aromatic amines is 1. The van der Waals surface area contributed by atoms with Gasteiger partial charge in [0.2, 0.25) is 0 Å². The van der Waals surface area contributed by atoms with Crippen molar-refractivity contribution < 1.29 is 18.7 Å². The molecule has 0 atom stereocenters. The van der Waals surface area contributed by atoms with Gasteiger partial charge >= 0.3 is 6.03 Å². The Morgan fingerprint density at radius 3 is 2.82 bits per heavy atom. The van der Waals surface area contributed by atoms with E-state index < -0.39 is 0 Å². The van der Waals surface area contributed by atoms with E-state index in [0.717, 1.165) is 41.5 Å². The summed E-state index contributed by atoms with van der Waals surface area (Å²) in [5.41, 5.74) is 5.31. The molecule has 178 valence electrons. The number of methoxy groups -OCH3 is 1. The molecule has 0 radical (unpaired) electrons. The van der Waals surface area contributed by atoms with Gasteiger partial charge in [-0.3, -0.25) is 5.10 Å². The van der Waals surface area contributed by atoms with Gasteiger partial charge in [0.25, 0.3) is 0 Å². The quantitative estimate of drug-likeness (QED) is 0.608. The van der Waals surface area contributed by atoms with Crippen LogP contribution in [0.4, 0.5) is 9.18 Å². The third kappa shape index (κ3) is 4.77. The fourth-order valence-electron chi connectivity index (χ4n) is 4.86. The minimum atomic E-state index is -0.367. The van der Waals surface area contributed by atoms with Crippen molar-refractivity contribution in [3.8, 4) is 16.9 Å². The highest BCUT2D eigenvalue weighted by Crippen LogP contribution is 2.28. The molecule has 1 N–H and O–H groups in total. The van der Waals surface area contributed by atoms with E-state index in [9.17, 15) is 9.18 Å². The number of hydrogen-bond donors (Lipinski definition) is 1. The molecule has 5 rings (SSSR count). The second-order valence-corrected chi connectivity index (χ2v) is 8.90. The van der Waals surface area contributed by atoms with Gasteiger partial charge in [-0.25, -0.2) is 9.18 Å². The minimum Gasteiger partial charge on any atom is -0.497 e. The molecule has 3 aromatic rings. The van der Waals surface area contributed by atoms with Crippen molar-refractivity contribution in [2.24, 2.45) is 0 Å². The molecular weight excluding hydrogens is 435 g/mol. The maximum atomic E-state index is 14.1. The maximum Gasteiger partial charge on any atom is 0.320 e. The highest BCUT2D eigenvalue weighted by molar-refractivity contribution is 5.75. The molecule has 1 aromatic heterocycles. The standard InChI is InChI=1S/C26H29FN4O3/c1-33-25-11-18(10-23(27)13-25)16-31(24-5-8-34-9-6-24)26(32)30-7-4-20-12-19(2-3-21(20)17-30)22-14-28-29-15-22/h2-3,10-15,24H,4-9,16-17H2,1H3,(H,28,29). The predicted molar refractivity (Wildman–Crippen MR) is 126 cm³/mol. The number of benzene rings is 2. The van der Waals surface area contributed by atoms with Crippen molar-refractivity contribution in [2.75, 3.05) is 26.9 Å². The number of urea groups is 1. The average Bonchev–Trinajstić information content (AvgIpc) is 3.41. The molecule has 2 aromatic carbocycles. The molecule has 8 heteroatoms. The van der Waals surface area contributed by atoms with Crippen LogP contribution in [0.3, 0.4) is 0 Å². The largest absolute Gasteiger partial charge is 0.497 e. The summed E-state index contributed by atoms with van der Waals surface area (Å²) >= 11 is 0. The first-order chi connectivity index (χ1) is 16.6. The van der Waals surface area contributed by atoms with E-state index in [-0.39, 0.29) is 17.9 Å². The number of ether oxygens (including phenoxy) is 2. The molecule has 1 fully saturated rings. The molecular formula is C26H29FN4O3. The lowest BCUT2D eigenvalue weighted by Crippen LogP contribution is -2.50. The molecule has 2 amide bonds. The Labute approximate surface area is 198 Å². The lowest BCUT2D eigenvalue weighted by Gasteiger charge is -2.39. The van der Waals surface area contributed by atoms with Crippen LogP contribution < -0.4 is 4.74 Å². The van der Waals surface area contributed by atoms with Gasteiger partial charge in [-0.1, -0.05) is 18.2 Å². The molecule has 0 unspecified atom stereocenters. The zero-order valence-corrected chi connectivity index (χ0v) is 19.3. The smallest absolute Gasteiger partial charge is 0.320 e. The normalized spacial score (nSPS) is 16.2. The van der Waals surface area contributed by atoms with Crippen LogP contribution in [0.5, 0.6) is 5.75 Å². The summed E-state index contributed by atoms with van der Waals surface area (Å²) in [5.74, 6) is 0.0868.